The van der Waals surface area contributed by atoms with E-state index in [1.54, 1.807) is 19.4 Å². The zero-order chi connectivity index (χ0) is 22.3. The number of methoxy groups -OCH3 is 1. The van der Waals surface area contributed by atoms with Gasteiger partial charge in [0.15, 0.2) is 0 Å². The Hall–Kier alpha value is -3.54. The number of aromatic nitrogens is 1. The second-order valence-electron chi connectivity index (χ2n) is 7.98. The van der Waals surface area contributed by atoms with Crippen molar-refractivity contribution in [2.24, 2.45) is 0 Å². The summed E-state index contributed by atoms with van der Waals surface area (Å²) in [6.45, 7) is 4.01. The highest BCUT2D eigenvalue weighted by molar-refractivity contribution is 5.87. The summed E-state index contributed by atoms with van der Waals surface area (Å²) in [7, 11) is 1.64. The molecule has 1 aromatic heterocycles. The molecule has 0 bridgehead atoms. The number of nitrogens with zero attached hydrogens (tertiary/aromatic N) is 2. The Kier molecular flexibility index (Phi) is 6.90. The van der Waals surface area contributed by atoms with Gasteiger partial charge in [-0.15, -0.1) is 0 Å². The van der Waals surface area contributed by atoms with Gasteiger partial charge >= 0.3 is 6.09 Å². The van der Waals surface area contributed by atoms with Gasteiger partial charge in [0, 0.05) is 13.1 Å². The van der Waals surface area contributed by atoms with E-state index in [4.69, 9.17) is 9.47 Å². The second kappa shape index (κ2) is 10.2. The lowest BCUT2D eigenvalue weighted by atomic mass is 10.00. The van der Waals surface area contributed by atoms with Gasteiger partial charge < -0.3 is 14.4 Å². The molecular formula is C26H29N3O3. The number of anilines is 2. The fourth-order valence-corrected chi connectivity index (χ4v) is 4.00. The molecule has 0 saturated carbocycles. The van der Waals surface area contributed by atoms with Crippen LogP contribution in [0.2, 0.25) is 0 Å². The molecule has 0 aliphatic carbocycles. The van der Waals surface area contributed by atoms with Crippen molar-refractivity contribution in [3.63, 3.8) is 0 Å². The predicted molar refractivity (Wildman–Crippen MR) is 128 cm³/mol. The van der Waals surface area contributed by atoms with Crippen LogP contribution in [-0.4, -0.2) is 31.3 Å². The smallest absolute Gasteiger partial charge is 0.417 e. The van der Waals surface area contributed by atoms with Gasteiger partial charge in [-0.1, -0.05) is 37.1 Å². The third kappa shape index (κ3) is 5.19. The van der Waals surface area contributed by atoms with E-state index in [9.17, 15) is 4.79 Å². The van der Waals surface area contributed by atoms with Crippen LogP contribution in [0.1, 0.15) is 31.2 Å². The van der Waals surface area contributed by atoms with E-state index in [-0.39, 0.29) is 0 Å². The minimum Gasteiger partial charge on any atom is -0.497 e. The molecule has 3 aromatic rings. The first-order chi connectivity index (χ1) is 15.6. The maximum atomic E-state index is 12.5. The summed E-state index contributed by atoms with van der Waals surface area (Å²) < 4.78 is 10.8. The predicted octanol–water partition coefficient (Wildman–Crippen LogP) is 6.06. The van der Waals surface area contributed by atoms with E-state index in [1.807, 2.05) is 55.5 Å². The summed E-state index contributed by atoms with van der Waals surface area (Å²) in [5, 5.41) is 2.78. The highest BCUT2D eigenvalue weighted by Crippen LogP contribution is 2.31. The van der Waals surface area contributed by atoms with E-state index >= 15 is 0 Å². The summed E-state index contributed by atoms with van der Waals surface area (Å²) in [5.41, 5.74) is 3.53. The van der Waals surface area contributed by atoms with Gasteiger partial charge in [0.05, 0.1) is 19.0 Å². The molecule has 1 amide bonds. The van der Waals surface area contributed by atoms with Crippen LogP contribution < -0.4 is 19.7 Å². The Morgan fingerprint density at radius 2 is 1.72 bits per heavy atom. The number of benzene rings is 2. The van der Waals surface area contributed by atoms with Gasteiger partial charge in [-0.05, 0) is 66.8 Å². The third-order valence-corrected chi connectivity index (χ3v) is 5.81. The molecule has 6 nitrogen and oxygen atoms in total. The standard InChI is InChI=1S/C26H29N3O3/c1-19-23(20-10-13-22(31-2)14-11-20)8-7-9-24(19)32-26(30)28-21-12-15-25(27-18-21)29-16-5-3-4-6-17-29/h7-15,18H,3-6,16-17H2,1-2H3,(H,28,30). The van der Waals surface area contributed by atoms with E-state index < -0.39 is 6.09 Å². The van der Waals surface area contributed by atoms with Gasteiger partial charge in [-0.2, -0.15) is 0 Å². The monoisotopic (exact) mass is 431 g/mol. The summed E-state index contributed by atoms with van der Waals surface area (Å²) >= 11 is 0. The summed E-state index contributed by atoms with van der Waals surface area (Å²) in [6.07, 6.45) is 6.10. The number of carbonyl (C=O) groups excluding carboxylic acids is 1. The number of nitrogens with one attached hydrogen (secondary N) is 1. The minimum absolute atomic E-state index is 0.518. The Morgan fingerprint density at radius 1 is 0.969 bits per heavy atom. The normalized spacial score (nSPS) is 13.9. The van der Waals surface area contributed by atoms with Gasteiger partial charge in [-0.3, -0.25) is 5.32 Å². The Bertz CT molecular complexity index is 1040. The molecular weight excluding hydrogens is 402 g/mol. The van der Waals surface area contributed by atoms with Crippen LogP contribution in [0.4, 0.5) is 16.3 Å². The van der Waals surface area contributed by atoms with E-state index in [0.717, 1.165) is 41.3 Å². The molecule has 6 heteroatoms. The Balaban J connectivity index is 1.41. The molecule has 0 radical (unpaired) electrons. The minimum atomic E-state index is -0.538. The molecule has 1 aliphatic rings. The maximum absolute atomic E-state index is 12.5. The molecule has 32 heavy (non-hydrogen) atoms. The number of amides is 1. The fourth-order valence-electron chi connectivity index (χ4n) is 4.00. The van der Waals surface area contributed by atoms with E-state index in [1.165, 1.54) is 25.7 Å². The zero-order valence-electron chi connectivity index (χ0n) is 18.6. The zero-order valence-corrected chi connectivity index (χ0v) is 18.6. The highest BCUT2D eigenvalue weighted by atomic mass is 16.6. The van der Waals surface area contributed by atoms with Gasteiger partial charge in [0.25, 0.3) is 0 Å². The van der Waals surface area contributed by atoms with Crippen molar-refractivity contribution in [2.75, 3.05) is 30.4 Å². The SMILES string of the molecule is COc1ccc(-c2cccc(OC(=O)Nc3ccc(N4CCCCCC4)nc3)c2C)cc1. The van der Waals surface area contributed by atoms with Crippen molar-refractivity contribution < 1.29 is 14.3 Å². The topological polar surface area (TPSA) is 63.7 Å². The van der Waals surface area contributed by atoms with Gasteiger partial charge in [-0.25, -0.2) is 9.78 Å². The molecule has 166 valence electrons. The second-order valence-corrected chi connectivity index (χ2v) is 7.98. The van der Waals surface area contributed by atoms with Crippen LogP contribution in [0.3, 0.4) is 0 Å². The average molecular weight is 432 g/mol. The van der Waals surface area contributed by atoms with Crippen molar-refractivity contribution in [3.8, 4) is 22.6 Å². The lowest BCUT2D eigenvalue weighted by Gasteiger charge is -2.21. The molecule has 0 atom stereocenters. The van der Waals surface area contributed by atoms with Crippen LogP contribution >= 0.6 is 0 Å². The molecule has 2 aromatic carbocycles. The van der Waals surface area contributed by atoms with Crippen LogP contribution in [0.25, 0.3) is 11.1 Å². The average Bonchev–Trinajstić information content (AvgIpc) is 3.11. The van der Waals surface area contributed by atoms with Crippen LogP contribution in [-0.2, 0) is 0 Å². The first-order valence-electron chi connectivity index (χ1n) is 11.1. The van der Waals surface area contributed by atoms with Crippen molar-refractivity contribution >= 4 is 17.6 Å². The van der Waals surface area contributed by atoms with E-state index in [0.29, 0.717) is 11.4 Å². The first-order valence-corrected chi connectivity index (χ1v) is 11.1. The fraction of sp³-hybridized carbons (Fsp3) is 0.308. The van der Waals surface area contributed by atoms with Crippen LogP contribution in [0, 0.1) is 6.92 Å². The largest absolute Gasteiger partial charge is 0.497 e. The highest BCUT2D eigenvalue weighted by Gasteiger charge is 2.13. The number of rotatable bonds is 5. The number of hydrogen-bond donors (Lipinski definition) is 1. The molecule has 0 unspecified atom stereocenters. The maximum Gasteiger partial charge on any atom is 0.417 e. The molecule has 4 rings (SSSR count). The molecule has 0 spiro atoms. The Morgan fingerprint density at radius 3 is 2.38 bits per heavy atom. The van der Waals surface area contributed by atoms with Crippen LogP contribution in [0.15, 0.2) is 60.8 Å². The van der Waals surface area contributed by atoms with E-state index in [2.05, 4.69) is 15.2 Å². The number of ether oxygens (including phenoxy) is 2. The molecule has 1 N–H and O–H groups in total. The lowest BCUT2D eigenvalue weighted by molar-refractivity contribution is 0.215. The molecule has 2 heterocycles. The molecule has 1 aliphatic heterocycles. The summed E-state index contributed by atoms with van der Waals surface area (Å²) in [6, 6.07) is 17.3. The van der Waals surface area contributed by atoms with Crippen LogP contribution in [0.5, 0.6) is 11.5 Å². The summed E-state index contributed by atoms with van der Waals surface area (Å²) in [5.74, 6) is 2.27. The van der Waals surface area contributed by atoms with Gasteiger partial charge in [0.2, 0.25) is 0 Å². The summed E-state index contributed by atoms with van der Waals surface area (Å²) in [4.78, 5) is 19.4. The van der Waals surface area contributed by atoms with Crippen molar-refractivity contribution in [2.45, 2.75) is 32.6 Å². The lowest BCUT2D eigenvalue weighted by Crippen LogP contribution is -2.25. The molecule has 1 saturated heterocycles. The van der Waals surface area contributed by atoms with Crippen molar-refractivity contribution in [3.05, 3.63) is 66.4 Å². The number of hydrogen-bond acceptors (Lipinski definition) is 5. The third-order valence-electron chi connectivity index (χ3n) is 5.81. The molecule has 1 fully saturated rings. The van der Waals surface area contributed by atoms with Gasteiger partial charge in [0.1, 0.15) is 17.3 Å². The quantitative estimate of drug-likeness (QED) is 0.532. The van der Waals surface area contributed by atoms with Crippen molar-refractivity contribution in [1.29, 1.82) is 0 Å². The number of pyridine rings is 1. The Labute approximate surface area is 189 Å². The number of carbonyl (C=O) groups is 1. The van der Waals surface area contributed by atoms with Crippen molar-refractivity contribution in [1.82, 2.24) is 4.98 Å². The first kappa shape index (κ1) is 21.7.